The Morgan fingerprint density at radius 1 is 1.38 bits per heavy atom. The summed E-state index contributed by atoms with van der Waals surface area (Å²) in [5.74, 6) is 0. The van der Waals surface area contributed by atoms with E-state index in [-0.39, 0.29) is 6.42 Å². The molecule has 0 N–H and O–H groups in total. The summed E-state index contributed by atoms with van der Waals surface area (Å²) in [6.07, 6.45) is -2.45. The number of hydrogen-bond donors (Lipinski definition) is 0. The van der Waals surface area contributed by atoms with Crippen molar-refractivity contribution in [3.63, 3.8) is 0 Å². The van der Waals surface area contributed by atoms with Gasteiger partial charge in [0.05, 0.1) is 0 Å². The first kappa shape index (κ1) is 13.8. The van der Waals surface area contributed by atoms with Crippen LogP contribution in [0.1, 0.15) is 32.6 Å². The third-order valence-corrected chi connectivity index (χ3v) is 7.81. The fourth-order valence-electron chi connectivity index (χ4n) is 2.17. The zero-order valence-electron chi connectivity index (χ0n) is 9.70. The lowest BCUT2D eigenvalue weighted by atomic mass is 10.3. The predicted molar refractivity (Wildman–Crippen MR) is 60.7 cm³/mol. The van der Waals surface area contributed by atoms with Crippen LogP contribution < -0.4 is 0 Å². The van der Waals surface area contributed by atoms with Gasteiger partial charge in [-0.3, -0.25) is 0 Å². The number of allylic oxidation sites excluding steroid dienone is 1. The summed E-state index contributed by atoms with van der Waals surface area (Å²) < 4.78 is 42.1. The van der Waals surface area contributed by atoms with E-state index in [4.69, 9.17) is 4.43 Å². The maximum Gasteiger partial charge on any atom is 0.389 e. The molecule has 1 aliphatic rings. The Hall–Kier alpha value is -0.293. The Kier molecular flexibility index (Phi) is 4.61. The highest BCUT2D eigenvalue weighted by Crippen LogP contribution is 2.34. The van der Waals surface area contributed by atoms with Gasteiger partial charge in [0.15, 0.2) is 0 Å². The van der Waals surface area contributed by atoms with E-state index in [1.165, 1.54) is 0 Å². The average Bonchev–Trinajstić information content (AvgIpc) is 2.17. The predicted octanol–water partition coefficient (Wildman–Crippen LogP) is 4.20. The van der Waals surface area contributed by atoms with Gasteiger partial charge in [0.1, 0.15) is 0 Å². The van der Waals surface area contributed by atoms with E-state index in [0.29, 0.717) is 12.7 Å². The molecule has 1 atom stereocenters. The minimum Gasteiger partial charge on any atom is -0.413 e. The van der Waals surface area contributed by atoms with Crippen molar-refractivity contribution in [2.45, 2.75) is 50.9 Å². The van der Waals surface area contributed by atoms with Gasteiger partial charge < -0.3 is 4.43 Å². The highest BCUT2D eigenvalue weighted by Gasteiger charge is 2.38. The van der Waals surface area contributed by atoms with E-state index < -0.39 is 20.9 Å². The quantitative estimate of drug-likeness (QED) is 0.681. The number of halogens is 3. The standard InChI is InChI=1S/C11H19F3OSi/c1-10(2)16(8-4-3-7-15-16)9-5-6-11(12,13)14/h1,3-9H2,2H3. The van der Waals surface area contributed by atoms with Gasteiger partial charge in [-0.15, -0.1) is 6.58 Å². The fraction of sp³-hybridized carbons (Fsp3) is 0.818. The van der Waals surface area contributed by atoms with Crippen molar-refractivity contribution in [3.8, 4) is 0 Å². The Balaban J connectivity index is 2.48. The average molecular weight is 252 g/mol. The van der Waals surface area contributed by atoms with Crippen LogP contribution in [0.25, 0.3) is 0 Å². The molecule has 1 heterocycles. The van der Waals surface area contributed by atoms with Gasteiger partial charge in [-0.1, -0.05) is 11.6 Å². The van der Waals surface area contributed by atoms with Crippen LogP contribution in [-0.2, 0) is 4.43 Å². The summed E-state index contributed by atoms with van der Waals surface area (Å²) in [7, 11) is -2.05. The molecule has 0 amide bonds. The van der Waals surface area contributed by atoms with Crippen molar-refractivity contribution < 1.29 is 17.6 Å². The van der Waals surface area contributed by atoms with Crippen LogP contribution in [-0.4, -0.2) is 21.1 Å². The molecule has 0 aromatic heterocycles. The molecule has 1 nitrogen and oxygen atoms in total. The summed E-state index contributed by atoms with van der Waals surface area (Å²) in [4.78, 5) is 0. The van der Waals surface area contributed by atoms with Crippen LogP contribution in [0.15, 0.2) is 11.8 Å². The molecular weight excluding hydrogens is 233 g/mol. The number of rotatable bonds is 4. The van der Waals surface area contributed by atoms with E-state index in [1.807, 2.05) is 6.92 Å². The number of hydrogen-bond acceptors (Lipinski definition) is 1. The van der Waals surface area contributed by atoms with Crippen molar-refractivity contribution in [2.24, 2.45) is 0 Å². The molecule has 5 heteroatoms. The van der Waals surface area contributed by atoms with Crippen LogP contribution in [0.5, 0.6) is 0 Å². The van der Waals surface area contributed by atoms with Gasteiger partial charge in [-0.05, 0) is 31.9 Å². The maximum absolute atomic E-state index is 12.1. The zero-order valence-corrected chi connectivity index (χ0v) is 10.7. The van der Waals surface area contributed by atoms with Gasteiger partial charge in [-0.2, -0.15) is 13.2 Å². The molecule has 0 aliphatic carbocycles. The van der Waals surface area contributed by atoms with Gasteiger partial charge in [-0.25, -0.2) is 0 Å². The van der Waals surface area contributed by atoms with E-state index in [0.717, 1.165) is 24.1 Å². The molecule has 0 radical (unpaired) electrons. The second-order valence-corrected chi connectivity index (χ2v) is 8.68. The summed E-state index contributed by atoms with van der Waals surface area (Å²) in [5, 5.41) is 0.995. The largest absolute Gasteiger partial charge is 0.413 e. The molecule has 94 valence electrons. The van der Waals surface area contributed by atoms with Crippen molar-refractivity contribution in [1.82, 2.24) is 0 Å². The molecule has 1 aliphatic heterocycles. The van der Waals surface area contributed by atoms with E-state index in [9.17, 15) is 13.2 Å². The van der Waals surface area contributed by atoms with Crippen molar-refractivity contribution in [3.05, 3.63) is 11.8 Å². The molecule has 1 fully saturated rings. The third kappa shape index (κ3) is 3.94. The monoisotopic (exact) mass is 252 g/mol. The first-order valence-electron chi connectivity index (χ1n) is 5.72. The van der Waals surface area contributed by atoms with Crippen LogP contribution >= 0.6 is 0 Å². The molecular formula is C11H19F3OSi. The summed E-state index contributed by atoms with van der Waals surface area (Å²) >= 11 is 0. The minimum absolute atomic E-state index is 0.183. The lowest BCUT2D eigenvalue weighted by Gasteiger charge is -2.35. The van der Waals surface area contributed by atoms with Crippen molar-refractivity contribution in [1.29, 1.82) is 0 Å². The van der Waals surface area contributed by atoms with Crippen LogP contribution in [0.3, 0.4) is 0 Å². The van der Waals surface area contributed by atoms with Crippen molar-refractivity contribution >= 4 is 8.32 Å². The molecule has 1 rings (SSSR count). The third-order valence-electron chi connectivity index (χ3n) is 3.17. The molecule has 1 unspecified atom stereocenters. The Bertz CT molecular complexity index is 244. The van der Waals surface area contributed by atoms with Crippen molar-refractivity contribution in [2.75, 3.05) is 6.61 Å². The first-order chi connectivity index (χ1) is 7.36. The lowest BCUT2D eigenvalue weighted by Crippen LogP contribution is -2.42. The van der Waals surface area contributed by atoms with Gasteiger partial charge in [0, 0.05) is 13.0 Å². The van der Waals surface area contributed by atoms with Crippen LogP contribution in [0.4, 0.5) is 13.2 Å². The topological polar surface area (TPSA) is 9.23 Å². The van der Waals surface area contributed by atoms with Gasteiger partial charge in [0.2, 0.25) is 8.32 Å². The molecule has 0 bridgehead atoms. The van der Waals surface area contributed by atoms with E-state index in [1.54, 1.807) is 0 Å². The minimum atomic E-state index is -4.04. The van der Waals surface area contributed by atoms with Gasteiger partial charge >= 0.3 is 6.18 Å². The lowest BCUT2D eigenvalue weighted by molar-refractivity contribution is -0.134. The Labute approximate surface area is 95.8 Å². The molecule has 0 aromatic carbocycles. The zero-order chi connectivity index (χ0) is 12.2. The summed E-state index contributed by atoms with van der Waals surface area (Å²) in [6.45, 7) is 6.53. The summed E-state index contributed by atoms with van der Waals surface area (Å²) in [6, 6.07) is 1.52. The Morgan fingerprint density at radius 2 is 2.06 bits per heavy atom. The summed E-state index contributed by atoms with van der Waals surface area (Å²) in [5.41, 5.74) is 0. The smallest absolute Gasteiger partial charge is 0.389 e. The van der Waals surface area contributed by atoms with E-state index >= 15 is 0 Å². The highest BCUT2D eigenvalue weighted by molar-refractivity contribution is 6.80. The fourth-order valence-corrected chi connectivity index (χ4v) is 5.92. The van der Waals surface area contributed by atoms with Gasteiger partial charge in [0.25, 0.3) is 0 Å². The van der Waals surface area contributed by atoms with E-state index in [2.05, 4.69) is 6.58 Å². The molecule has 0 aromatic rings. The molecule has 16 heavy (non-hydrogen) atoms. The number of alkyl halides is 3. The maximum atomic E-state index is 12.1. The second-order valence-electron chi connectivity index (χ2n) is 4.55. The highest BCUT2D eigenvalue weighted by atomic mass is 28.4. The first-order valence-corrected chi connectivity index (χ1v) is 8.05. The molecule has 1 saturated heterocycles. The van der Waals surface area contributed by atoms with Crippen LogP contribution in [0, 0.1) is 0 Å². The Morgan fingerprint density at radius 3 is 2.50 bits per heavy atom. The normalized spacial score (nSPS) is 26.8. The van der Waals surface area contributed by atoms with Crippen LogP contribution in [0.2, 0.25) is 12.1 Å². The molecule has 0 saturated carbocycles. The second kappa shape index (κ2) is 5.36. The molecule has 0 spiro atoms. The SMILES string of the molecule is C=C(C)[Si]1(CCCC(F)(F)F)CCCCO1.